The number of carbonyl (C=O) groups is 1. The number of fused-ring (bicyclic) bond motifs is 1. The first-order chi connectivity index (χ1) is 12.6. The molecule has 26 heavy (non-hydrogen) atoms. The standard InChI is InChI=1S/C20H20Cl2N2O2/c21-17-5-1-13(2-6-17)19(14-3-7-18(22)8-4-14)26-20(25)24-11-15-9-23-10-16(15)12-24/h1-8,15-16,19,23H,9-12H2. The third-order valence-electron chi connectivity index (χ3n) is 5.21. The van der Waals surface area contributed by atoms with E-state index in [-0.39, 0.29) is 6.09 Å². The predicted octanol–water partition coefficient (Wildman–Crippen LogP) is 4.37. The Kier molecular flexibility index (Phi) is 5.07. The van der Waals surface area contributed by atoms with E-state index >= 15 is 0 Å². The number of halogens is 2. The van der Waals surface area contributed by atoms with Gasteiger partial charge >= 0.3 is 6.09 Å². The lowest BCUT2D eigenvalue weighted by Gasteiger charge is -2.24. The molecule has 0 saturated carbocycles. The lowest BCUT2D eigenvalue weighted by molar-refractivity contribution is 0.0821. The maximum atomic E-state index is 12.8. The van der Waals surface area contributed by atoms with Crippen molar-refractivity contribution in [3.05, 3.63) is 69.7 Å². The van der Waals surface area contributed by atoms with Gasteiger partial charge in [0.1, 0.15) is 0 Å². The molecule has 1 N–H and O–H groups in total. The number of nitrogens with one attached hydrogen (secondary N) is 1. The normalized spacial score (nSPS) is 21.9. The summed E-state index contributed by atoms with van der Waals surface area (Å²) in [7, 11) is 0. The van der Waals surface area contributed by atoms with Gasteiger partial charge in [0.15, 0.2) is 6.10 Å². The molecule has 0 aliphatic carbocycles. The molecule has 4 rings (SSSR count). The minimum absolute atomic E-state index is 0.269. The lowest BCUT2D eigenvalue weighted by Crippen LogP contribution is -2.33. The van der Waals surface area contributed by atoms with Crippen molar-refractivity contribution in [3.8, 4) is 0 Å². The minimum Gasteiger partial charge on any atom is -0.436 e. The molecule has 2 atom stereocenters. The first-order valence-electron chi connectivity index (χ1n) is 8.77. The highest BCUT2D eigenvalue weighted by molar-refractivity contribution is 6.30. The molecule has 0 spiro atoms. The third-order valence-corrected chi connectivity index (χ3v) is 5.72. The zero-order valence-electron chi connectivity index (χ0n) is 14.2. The number of nitrogens with zero attached hydrogens (tertiary/aromatic N) is 1. The molecule has 0 aromatic heterocycles. The molecule has 1 amide bonds. The number of benzene rings is 2. The number of amides is 1. The summed E-state index contributed by atoms with van der Waals surface area (Å²) in [5.41, 5.74) is 1.76. The second-order valence-corrected chi connectivity index (χ2v) is 7.82. The number of hydrogen-bond acceptors (Lipinski definition) is 3. The van der Waals surface area contributed by atoms with E-state index in [1.54, 1.807) is 24.3 Å². The van der Waals surface area contributed by atoms with Crippen LogP contribution in [0, 0.1) is 11.8 Å². The van der Waals surface area contributed by atoms with Gasteiger partial charge in [-0.2, -0.15) is 0 Å². The zero-order valence-corrected chi connectivity index (χ0v) is 15.7. The highest BCUT2D eigenvalue weighted by Crippen LogP contribution is 2.31. The Morgan fingerprint density at radius 3 is 1.85 bits per heavy atom. The summed E-state index contributed by atoms with van der Waals surface area (Å²) in [5, 5.41) is 4.68. The van der Waals surface area contributed by atoms with E-state index in [0.717, 1.165) is 37.3 Å². The van der Waals surface area contributed by atoms with Gasteiger partial charge in [0.25, 0.3) is 0 Å². The van der Waals surface area contributed by atoms with E-state index in [9.17, 15) is 4.79 Å². The number of likely N-dealkylation sites (tertiary alicyclic amines) is 1. The topological polar surface area (TPSA) is 41.6 Å². The summed E-state index contributed by atoms with van der Waals surface area (Å²) < 4.78 is 5.93. The molecule has 2 aliphatic rings. The third kappa shape index (κ3) is 3.68. The molecular weight excluding hydrogens is 371 g/mol. The van der Waals surface area contributed by atoms with Crippen LogP contribution in [0.5, 0.6) is 0 Å². The van der Waals surface area contributed by atoms with E-state index in [0.29, 0.717) is 21.9 Å². The van der Waals surface area contributed by atoms with Gasteiger partial charge < -0.3 is 15.0 Å². The summed E-state index contributed by atoms with van der Waals surface area (Å²) in [6.45, 7) is 3.47. The number of hydrogen-bond donors (Lipinski definition) is 1. The van der Waals surface area contributed by atoms with E-state index < -0.39 is 6.10 Å². The molecule has 0 bridgehead atoms. The molecule has 2 aromatic carbocycles. The van der Waals surface area contributed by atoms with Gasteiger partial charge in [-0.3, -0.25) is 0 Å². The van der Waals surface area contributed by atoms with Crippen molar-refractivity contribution in [3.63, 3.8) is 0 Å². The molecule has 2 heterocycles. The lowest BCUT2D eigenvalue weighted by atomic mass is 10.0. The van der Waals surface area contributed by atoms with Crippen LogP contribution in [0.4, 0.5) is 4.79 Å². The van der Waals surface area contributed by atoms with Crippen LogP contribution in [-0.2, 0) is 4.74 Å². The maximum Gasteiger partial charge on any atom is 0.410 e. The van der Waals surface area contributed by atoms with Crippen LogP contribution < -0.4 is 5.32 Å². The highest BCUT2D eigenvalue weighted by Gasteiger charge is 2.39. The molecule has 2 fully saturated rings. The highest BCUT2D eigenvalue weighted by atomic mass is 35.5. The predicted molar refractivity (Wildman–Crippen MR) is 103 cm³/mol. The van der Waals surface area contributed by atoms with Crippen molar-refractivity contribution >= 4 is 29.3 Å². The van der Waals surface area contributed by atoms with Crippen LogP contribution in [0.2, 0.25) is 10.0 Å². The Morgan fingerprint density at radius 1 is 0.923 bits per heavy atom. The smallest absolute Gasteiger partial charge is 0.410 e. The van der Waals surface area contributed by atoms with E-state index in [4.69, 9.17) is 27.9 Å². The summed E-state index contributed by atoms with van der Waals surface area (Å²) in [5.74, 6) is 1.07. The van der Waals surface area contributed by atoms with Crippen molar-refractivity contribution in [1.82, 2.24) is 10.2 Å². The number of carbonyl (C=O) groups excluding carboxylic acids is 1. The average molecular weight is 391 g/mol. The molecular formula is C20H20Cl2N2O2. The molecule has 2 unspecified atom stereocenters. The maximum absolute atomic E-state index is 12.8. The largest absolute Gasteiger partial charge is 0.436 e. The Hall–Kier alpha value is -1.75. The van der Waals surface area contributed by atoms with Gasteiger partial charge in [0, 0.05) is 36.2 Å². The minimum atomic E-state index is -0.490. The van der Waals surface area contributed by atoms with Crippen LogP contribution >= 0.6 is 23.2 Å². The molecule has 4 nitrogen and oxygen atoms in total. The van der Waals surface area contributed by atoms with Crippen LogP contribution in [-0.4, -0.2) is 37.2 Å². The fourth-order valence-corrected chi connectivity index (χ4v) is 4.04. The van der Waals surface area contributed by atoms with Crippen LogP contribution in [0.3, 0.4) is 0 Å². The quantitative estimate of drug-likeness (QED) is 0.845. The van der Waals surface area contributed by atoms with Gasteiger partial charge in [-0.1, -0.05) is 47.5 Å². The van der Waals surface area contributed by atoms with Gasteiger partial charge in [-0.05, 0) is 47.2 Å². The molecule has 0 radical (unpaired) electrons. The van der Waals surface area contributed by atoms with Crippen molar-refractivity contribution in [2.45, 2.75) is 6.10 Å². The molecule has 136 valence electrons. The Morgan fingerprint density at radius 2 is 1.38 bits per heavy atom. The van der Waals surface area contributed by atoms with E-state index in [2.05, 4.69) is 5.32 Å². The van der Waals surface area contributed by atoms with Gasteiger partial charge in [-0.25, -0.2) is 4.79 Å². The zero-order chi connectivity index (χ0) is 18.1. The van der Waals surface area contributed by atoms with Crippen molar-refractivity contribution in [1.29, 1.82) is 0 Å². The first kappa shape index (κ1) is 17.7. The Balaban J connectivity index is 1.55. The van der Waals surface area contributed by atoms with E-state index in [1.165, 1.54) is 0 Å². The summed E-state index contributed by atoms with van der Waals surface area (Å²) in [6, 6.07) is 14.8. The molecule has 2 aromatic rings. The van der Waals surface area contributed by atoms with Crippen LogP contribution in [0.25, 0.3) is 0 Å². The van der Waals surface area contributed by atoms with E-state index in [1.807, 2.05) is 29.2 Å². The SMILES string of the molecule is O=C(OC(c1ccc(Cl)cc1)c1ccc(Cl)cc1)N1CC2CNCC2C1. The fourth-order valence-electron chi connectivity index (χ4n) is 3.78. The average Bonchev–Trinajstić information content (AvgIpc) is 3.23. The van der Waals surface area contributed by atoms with Crippen molar-refractivity contribution in [2.75, 3.05) is 26.2 Å². The molecule has 2 aliphatic heterocycles. The molecule has 6 heteroatoms. The van der Waals surface area contributed by atoms with Crippen LogP contribution in [0.1, 0.15) is 17.2 Å². The second-order valence-electron chi connectivity index (χ2n) is 6.95. The summed E-state index contributed by atoms with van der Waals surface area (Å²) in [4.78, 5) is 14.6. The first-order valence-corrected chi connectivity index (χ1v) is 9.53. The number of rotatable bonds is 3. The van der Waals surface area contributed by atoms with Crippen molar-refractivity contribution < 1.29 is 9.53 Å². The number of ether oxygens (including phenoxy) is 1. The van der Waals surface area contributed by atoms with Crippen molar-refractivity contribution in [2.24, 2.45) is 11.8 Å². The Labute approximate surface area is 163 Å². The fraction of sp³-hybridized carbons (Fsp3) is 0.350. The van der Waals surface area contributed by atoms with Gasteiger partial charge in [0.05, 0.1) is 0 Å². The summed E-state index contributed by atoms with van der Waals surface area (Å²) in [6.07, 6.45) is -0.759. The molecule has 2 saturated heterocycles. The Bertz CT molecular complexity index is 722. The summed E-state index contributed by atoms with van der Waals surface area (Å²) >= 11 is 12.0. The van der Waals surface area contributed by atoms with Gasteiger partial charge in [0.2, 0.25) is 0 Å². The second kappa shape index (κ2) is 7.47. The van der Waals surface area contributed by atoms with Crippen LogP contribution in [0.15, 0.2) is 48.5 Å². The monoisotopic (exact) mass is 390 g/mol. The van der Waals surface area contributed by atoms with Gasteiger partial charge in [-0.15, -0.1) is 0 Å².